The second-order valence-corrected chi connectivity index (χ2v) is 5.94. The first-order chi connectivity index (χ1) is 9.22. The molecule has 1 aliphatic heterocycles. The van der Waals surface area contributed by atoms with E-state index in [1.165, 1.54) is 11.8 Å². The summed E-state index contributed by atoms with van der Waals surface area (Å²) in [5.74, 6) is 0.684. The normalized spacial score (nSPS) is 17.3. The summed E-state index contributed by atoms with van der Waals surface area (Å²) in [7, 11) is 0. The zero-order valence-electron chi connectivity index (χ0n) is 9.71. The molecule has 0 aromatic heterocycles. The lowest BCUT2D eigenvalue weighted by atomic mass is 10.3. The molecule has 0 amide bonds. The lowest BCUT2D eigenvalue weighted by Crippen LogP contribution is -2.32. The molecule has 0 bridgehead atoms. The first-order valence-corrected chi connectivity index (χ1v) is 7.29. The fourth-order valence-electron chi connectivity index (χ4n) is 1.66. The number of carbonyl (C=O) groups excluding carboxylic acids is 1. The summed E-state index contributed by atoms with van der Waals surface area (Å²) >= 11 is 4.70. The molecule has 1 heterocycles. The third-order valence-electron chi connectivity index (χ3n) is 2.54. The van der Waals surface area contributed by atoms with Crippen LogP contribution in [0.4, 0.5) is 0 Å². The molecule has 1 atom stereocenters. The van der Waals surface area contributed by atoms with Crippen molar-refractivity contribution >= 4 is 33.7 Å². The number of rotatable bonds is 2. The van der Waals surface area contributed by atoms with Crippen LogP contribution < -0.4 is 9.47 Å². The van der Waals surface area contributed by atoms with Crippen molar-refractivity contribution in [3.05, 3.63) is 53.0 Å². The van der Waals surface area contributed by atoms with Crippen molar-refractivity contribution in [2.24, 2.45) is 0 Å². The van der Waals surface area contributed by atoms with E-state index < -0.39 is 5.44 Å². The number of halogens is 1. The summed E-state index contributed by atoms with van der Waals surface area (Å²) < 4.78 is 11.9. The van der Waals surface area contributed by atoms with Crippen LogP contribution in [0, 0.1) is 0 Å². The molecule has 3 nitrogen and oxygen atoms in total. The average Bonchev–Trinajstić information content (AvgIpc) is 2.42. The molecule has 96 valence electrons. The summed E-state index contributed by atoms with van der Waals surface area (Å²) in [5.41, 5.74) is -0.670. The number of hydrogen-bond donors (Lipinski definition) is 0. The lowest BCUT2D eigenvalue weighted by molar-refractivity contribution is -0.140. The Morgan fingerprint density at radius 2 is 1.68 bits per heavy atom. The minimum absolute atomic E-state index is 0.383. The van der Waals surface area contributed by atoms with Crippen molar-refractivity contribution in [2.75, 3.05) is 0 Å². The molecule has 0 spiro atoms. The molecule has 0 saturated carbocycles. The van der Waals surface area contributed by atoms with Crippen LogP contribution in [0.5, 0.6) is 11.5 Å². The van der Waals surface area contributed by atoms with Gasteiger partial charge in [0.15, 0.2) is 11.5 Å². The smallest absolute Gasteiger partial charge is 0.364 e. The van der Waals surface area contributed by atoms with Crippen molar-refractivity contribution < 1.29 is 14.3 Å². The lowest BCUT2D eigenvalue weighted by Gasteiger charge is -2.23. The molecule has 0 radical (unpaired) electrons. The Hall–Kier alpha value is -1.46. The van der Waals surface area contributed by atoms with Crippen LogP contribution in [-0.2, 0) is 4.79 Å². The van der Waals surface area contributed by atoms with Gasteiger partial charge < -0.3 is 9.47 Å². The Bertz CT molecular complexity index is 612. The van der Waals surface area contributed by atoms with Gasteiger partial charge in [0, 0.05) is 9.37 Å². The van der Waals surface area contributed by atoms with Crippen molar-refractivity contribution in [3.63, 3.8) is 0 Å². The van der Waals surface area contributed by atoms with E-state index in [1.54, 1.807) is 18.2 Å². The zero-order chi connectivity index (χ0) is 13.2. The topological polar surface area (TPSA) is 35.5 Å². The third kappa shape index (κ3) is 2.77. The largest absolute Gasteiger partial charge is 0.464 e. The van der Waals surface area contributed by atoms with E-state index in [1.807, 2.05) is 30.3 Å². The SMILES string of the molecule is O=C1Oc2ccccc2OC1Sc1ccc(Br)cc1. The summed E-state index contributed by atoms with van der Waals surface area (Å²) in [6.45, 7) is 0. The minimum Gasteiger partial charge on any atom is -0.464 e. The van der Waals surface area contributed by atoms with Crippen LogP contribution in [0.15, 0.2) is 57.9 Å². The van der Waals surface area contributed by atoms with Crippen LogP contribution in [0.25, 0.3) is 0 Å². The first-order valence-electron chi connectivity index (χ1n) is 5.62. The Morgan fingerprint density at radius 3 is 2.42 bits per heavy atom. The van der Waals surface area contributed by atoms with Gasteiger partial charge in [0.2, 0.25) is 5.44 Å². The highest BCUT2D eigenvalue weighted by Crippen LogP contribution is 2.36. The van der Waals surface area contributed by atoms with Gasteiger partial charge in [-0.05, 0) is 36.4 Å². The van der Waals surface area contributed by atoms with Crippen molar-refractivity contribution in [3.8, 4) is 11.5 Å². The quantitative estimate of drug-likeness (QED) is 0.616. The van der Waals surface area contributed by atoms with Crippen LogP contribution in [-0.4, -0.2) is 11.4 Å². The van der Waals surface area contributed by atoms with E-state index in [0.717, 1.165) is 9.37 Å². The Balaban J connectivity index is 1.79. The predicted octanol–water partition coefficient (Wildman–Crippen LogP) is 3.87. The molecule has 0 fully saturated rings. The number of benzene rings is 2. The molecule has 2 aromatic carbocycles. The highest BCUT2D eigenvalue weighted by Gasteiger charge is 2.30. The number of thioether (sulfide) groups is 1. The van der Waals surface area contributed by atoms with Crippen molar-refractivity contribution in [1.82, 2.24) is 0 Å². The standard InChI is InChI=1S/C14H9BrO3S/c15-9-5-7-10(8-6-9)19-14-13(16)17-11-3-1-2-4-12(11)18-14/h1-8,14H. The van der Waals surface area contributed by atoms with Crippen molar-refractivity contribution in [1.29, 1.82) is 0 Å². The Kier molecular flexibility index (Phi) is 3.48. The molecule has 1 unspecified atom stereocenters. The second-order valence-electron chi connectivity index (χ2n) is 3.89. The van der Waals surface area contributed by atoms with Gasteiger partial charge in [0.25, 0.3) is 0 Å². The van der Waals surface area contributed by atoms with Crippen LogP contribution in [0.2, 0.25) is 0 Å². The average molecular weight is 337 g/mol. The monoisotopic (exact) mass is 336 g/mol. The molecule has 2 aromatic rings. The van der Waals surface area contributed by atoms with Gasteiger partial charge in [-0.15, -0.1) is 0 Å². The van der Waals surface area contributed by atoms with Gasteiger partial charge in [-0.1, -0.05) is 39.8 Å². The number of esters is 1. The maximum absolute atomic E-state index is 11.9. The molecule has 5 heteroatoms. The fraction of sp³-hybridized carbons (Fsp3) is 0.0714. The zero-order valence-corrected chi connectivity index (χ0v) is 12.1. The number of ether oxygens (including phenoxy) is 2. The fourth-order valence-corrected chi connectivity index (χ4v) is 2.76. The summed E-state index contributed by atoms with van der Waals surface area (Å²) in [5, 5.41) is 0. The molecule has 0 N–H and O–H groups in total. The molecule has 3 rings (SSSR count). The van der Waals surface area contributed by atoms with Crippen LogP contribution >= 0.6 is 27.7 Å². The molecule has 19 heavy (non-hydrogen) atoms. The number of para-hydroxylation sites is 2. The molecule has 0 aliphatic carbocycles. The van der Waals surface area contributed by atoms with E-state index in [2.05, 4.69) is 15.9 Å². The highest BCUT2D eigenvalue weighted by molar-refractivity contribution is 9.10. The summed E-state index contributed by atoms with van der Waals surface area (Å²) in [4.78, 5) is 12.8. The first kappa shape index (κ1) is 12.6. The van der Waals surface area contributed by atoms with Gasteiger partial charge in [-0.2, -0.15) is 0 Å². The molecule has 1 aliphatic rings. The molecular weight excluding hydrogens is 328 g/mol. The van der Waals surface area contributed by atoms with Gasteiger partial charge >= 0.3 is 5.97 Å². The van der Waals surface area contributed by atoms with E-state index in [9.17, 15) is 4.79 Å². The van der Waals surface area contributed by atoms with Gasteiger partial charge in [0.05, 0.1) is 0 Å². The maximum Gasteiger partial charge on any atom is 0.364 e. The number of hydrogen-bond acceptors (Lipinski definition) is 4. The number of fused-ring (bicyclic) bond motifs is 1. The summed E-state index contributed by atoms with van der Waals surface area (Å²) in [6.07, 6.45) is 0. The minimum atomic E-state index is -0.670. The van der Waals surface area contributed by atoms with E-state index in [0.29, 0.717) is 11.5 Å². The Morgan fingerprint density at radius 1 is 1.00 bits per heavy atom. The van der Waals surface area contributed by atoms with Crippen LogP contribution in [0.3, 0.4) is 0 Å². The van der Waals surface area contributed by atoms with Gasteiger partial charge in [0.1, 0.15) is 0 Å². The van der Waals surface area contributed by atoms with Gasteiger partial charge in [-0.3, -0.25) is 0 Å². The second kappa shape index (κ2) is 5.27. The molecular formula is C14H9BrO3S. The predicted molar refractivity (Wildman–Crippen MR) is 76.5 cm³/mol. The number of carbonyl (C=O) groups is 1. The Labute approximate surface area is 123 Å². The van der Waals surface area contributed by atoms with E-state index >= 15 is 0 Å². The summed E-state index contributed by atoms with van der Waals surface area (Å²) in [6, 6.07) is 14.8. The van der Waals surface area contributed by atoms with Crippen molar-refractivity contribution in [2.45, 2.75) is 10.3 Å². The van der Waals surface area contributed by atoms with Gasteiger partial charge in [-0.25, -0.2) is 4.79 Å². The highest BCUT2D eigenvalue weighted by atomic mass is 79.9. The maximum atomic E-state index is 11.9. The molecule has 0 saturated heterocycles. The van der Waals surface area contributed by atoms with E-state index in [-0.39, 0.29) is 5.97 Å². The van der Waals surface area contributed by atoms with E-state index in [4.69, 9.17) is 9.47 Å². The third-order valence-corrected chi connectivity index (χ3v) is 4.12. The van der Waals surface area contributed by atoms with Crippen LogP contribution in [0.1, 0.15) is 0 Å².